The van der Waals surface area contributed by atoms with Crippen LogP contribution in [0.25, 0.3) is 0 Å². The number of aliphatic hydroxyl groups excluding tert-OH is 2. The summed E-state index contributed by atoms with van der Waals surface area (Å²) in [5.41, 5.74) is 7.20. The lowest BCUT2D eigenvalue weighted by Gasteiger charge is -2.16. The van der Waals surface area contributed by atoms with Gasteiger partial charge in [0.15, 0.2) is 0 Å². The molecule has 7 heteroatoms. The Balaban J connectivity index is 2.29. The molecule has 1 aromatic rings. The van der Waals surface area contributed by atoms with E-state index in [9.17, 15) is 9.90 Å². The Hall–Kier alpha value is -1.70. The number of hydrogen-bond donors (Lipinski definition) is 3. The molecule has 1 aliphatic heterocycles. The Morgan fingerprint density at radius 1 is 1.64 bits per heavy atom. The molecule has 22 heavy (non-hydrogen) atoms. The van der Waals surface area contributed by atoms with Crippen LogP contribution in [0.1, 0.15) is 38.5 Å². The van der Waals surface area contributed by atoms with Crippen molar-refractivity contribution in [2.45, 2.75) is 51.5 Å². The third kappa shape index (κ3) is 3.55. The standard InChI is InChI=1S/C15H23N3O4/c1-3-4-9(2)5-10-7-18(15(21)17-14(10)16)13-6-11(20)12(8-19)22-13/h4,7,11-13,19-20H,3,5-6,8H2,1-2H3,(H2,16,17,21)/b9-4+/t11-,12+,13+/m0/s1. The van der Waals surface area contributed by atoms with Gasteiger partial charge in [0.2, 0.25) is 0 Å². The van der Waals surface area contributed by atoms with Gasteiger partial charge in [0, 0.05) is 18.2 Å². The Morgan fingerprint density at radius 2 is 2.36 bits per heavy atom. The summed E-state index contributed by atoms with van der Waals surface area (Å²) >= 11 is 0. The van der Waals surface area contributed by atoms with Gasteiger partial charge in [-0.15, -0.1) is 0 Å². The molecule has 3 atom stereocenters. The van der Waals surface area contributed by atoms with Gasteiger partial charge in [0.25, 0.3) is 0 Å². The molecule has 1 aromatic heterocycles. The van der Waals surface area contributed by atoms with Crippen LogP contribution >= 0.6 is 0 Å². The number of rotatable bonds is 5. The molecule has 2 rings (SSSR count). The molecule has 7 nitrogen and oxygen atoms in total. The number of nitrogens with two attached hydrogens (primary N) is 1. The van der Waals surface area contributed by atoms with Gasteiger partial charge in [-0.25, -0.2) is 4.79 Å². The topological polar surface area (TPSA) is 111 Å². The molecule has 1 saturated heterocycles. The first-order valence-electron chi connectivity index (χ1n) is 7.43. The Labute approximate surface area is 129 Å². The average Bonchev–Trinajstić information content (AvgIpc) is 2.83. The smallest absolute Gasteiger partial charge is 0.351 e. The van der Waals surface area contributed by atoms with E-state index in [1.807, 2.05) is 6.92 Å². The highest BCUT2D eigenvalue weighted by molar-refractivity contribution is 5.39. The number of aliphatic hydroxyl groups is 2. The summed E-state index contributed by atoms with van der Waals surface area (Å²) in [5.74, 6) is 0.211. The number of aromatic nitrogens is 2. The summed E-state index contributed by atoms with van der Waals surface area (Å²) in [4.78, 5) is 15.9. The fourth-order valence-corrected chi connectivity index (χ4v) is 2.64. The summed E-state index contributed by atoms with van der Waals surface area (Å²) in [7, 11) is 0. The number of anilines is 1. The van der Waals surface area contributed by atoms with Crippen molar-refractivity contribution in [1.82, 2.24) is 9.55 Å². The monoisotopic (exact) mass is 309 g/mol. The van der Waals surface area contributed by atoms with Gasteiger partial charge in [-0.05, 0) is 19.8 Å². The molecule has 0 spiro atoms. The summed E-state index contributed by atoms with van der Waals surface area (Å²) in [6, 6.07) is 0. The molecule has 1 aliphatic rings. The Bertz CT molecular complexity index is 611. The zero-order valence-electron chi connectivity index (χ0n) is 12.9. The number of nitrogen functional groups attached to an aromatic ring is 1. The maximum absolute atomic E-state index is 12.0. The van der Waals surface area contributed by atoms with Gasteiger partial charge in [-0.1, -0.05) is 18.6 Å². The second kappa shape index (κ2) is 7.04. The first-order valence-corrected chi connectivity index (χ1v) is 7.43. The highest BCUT2D eigenvalue weighted by Crippen LogP contribution is 2.28. The van der Waals surface area contributed by atoms with Crippen molar-refractivity contribution < 1.29 is 14.9 Å². The first kappa shape index (κ1) is 16.7. The largest absolute Gasteiger partial charge is 0.394 e. The zero-order chi connectivity index (χ0) is 16.3. The first-order chi connectivity index (χ1) is 10.5. The van der Waals surface area contributed by atoms with E-state index in [2.05, 4.69) is 18.0 Å². The molecule has 122 valence electrons. The van der Waals surface area contributed by atoms with Crippen LogP contribution in [0.2, 0.25) is 0 Å². The third-order valence-corrected chi connectivity index (χ3v) is 3.78. The number of hydrogen-bond acceptors (Lipinski definition) is 6. The predicted octanol–water partition coefficient (Wildman–Crippen LogP) is 0.365. The number of allylic oxidation sites excluding steroid dienone is 2. The van der Waals surface area contributed by atoms with Gasteiger partial charge in [-0.2, -0.15) is 4.98 Å². The Morgan fingerprint density at radius 3 is 2.95 bits per heavy atom. The molecular weight excluding hydrogens is 286 g/mol. The van der Waals surface area contributed by atoms with Crippen molar-refractivity contribution in [3.05, 3.63) is 33.9 Å². The van der Waals surface area contributed by atoms with Crippen LogP contribution < -0.4 is 11.4 Å². The van der Waals surface area contributed by atoms with Gasteiger partial charge in [0.05, 0.1) is 12.7 Å². The molecule has 2 heterocycles. The van der Waals surface area contributed by atoms with E-state index in [1.165, 1.54) is 4.57 Å². The third-order valence-electron chi connectivity index (χ3n) is 3.78. The number of nitrogens with zero attached hydrogens (tertiary/aromatic N) is 2. The fourth-order valence-electron chi connectivity index (χ4n) is 2.64. The zero-order valence-corrected chi connectivity index (χ0v) is 12.9. The fraction of sp³-hybridized carbons (Fsp3) is 0.600. The normalized spacial score (nSPS) is 25.6. The highest BCUT2D eigenvalue weighted by atomic mass is 16.5. The summed E-state index contributed by atoms with van der Waals surface area (Å²) in [5, 5.41) is 18.9. The lowest BCUT2D eigenvalue weighted by molar-refractivity contribution is -0.0459. The highest BCUT2D eigenvalue weighted by Gasteiger charge is 2.35. The van der Waals surface area contributed by atoms with Crippen molar-refractivity contribution >= 4 is 5.82 Å². The van der Waals surface area contributed by atoms with E-state index in [0.717, 1.165) is 17.6 Å². The second-order valence-corrected chi connectivity index (χ2v) is 5.59. The van der Waals surface area contributed by atoms with Crippen molar-refractivity contribution in [1.29, 1.82) is 0 Å². The van der Waals surface area contributed by atoms with E-state index in [4.69, 9.17) is 15.6 Å². The Kier molecular flexibility index (Phi) is 5.33. The minimum atomic E-state index is -0.801. The van der Waals surface area contributed by atoms with Gasteiger partial charge in [-0.3, -0.25) is 4.57 Å². The number of ether oxygens (including phenoxy) is 1. The van der Waals surface area contributed by atoms with E-state index in [0.29, 0.717) is 6.42 Å². The molecule has 0 radical (unpaired) electrons. The van der Waals surface area contributed by atoms with Crippen LogP contribution in [0.3, 0.4) is 0 Å². The van der Waals surface area contributed by atoms with Crippen molar-refractivity contribution in [3.63, 3.8) is 0 Å². The molecule has 0 amide bonds. The maximum atomic E-state index is 12.0. The molecular formula is C15H23N3O4. The summed E-state index contributed by atoms with van der Waals surface area (Å²) < 4.78 is 6.84. The van der Waals surface area contributed by atoms with Crippen LogP contribution in [-0.2, 0) is 11.2 Å². The van der Waals surface area contributed by atoms with E-state index in [-0.39, 0.29) is 18.8 Å². The minimum absolute atomic E-state index is 0.211. The van der Waals surface area contributed by atoms with Crippen LogP contribution in [0.5, 0.6) is 0 Å². The molecule has 0 aliphatic carbocycles. The molecule has 0 bridgehead atoms. The van der Waals surface area contributed by atoms with Crippen molar-refractivity contribution in [2.75, 3.05) is 12.3 Å². The molecule has 0 saturated carbocycles. The van der Waals surface area contributed by atoms with Crippen LogP contribution in [-0.4, -0.2) is 38.6 Å². The van der Waals surface area contributed by atoms with Crippen LogP contribution in [0.15, 0.2) is 22.6 Å². The van der Waals surface area contributed by atoms with E-state index in [1.54, 1.807) is 6.20 Å². The summed E-state index contributed by atoms with van der Waals surface area (Å²) in [6.45, 7) is 3.75. The second-order valence-electron chi connectivity index (χ2n) is 5.59. The quantitative estimate of drug-likeness (QED) is 0.678. The van der Waals surface area contributed by atoms with Gasteiger partial charge < -0.3 is 20.7 Å². The average molecular weight is 309 g/mol. The van der Waals surface area contributed by atoms with Gasteiger partial charge in [0.1, 0.15) is 18.1 Å². The lowest BCUT2D eigenvalue weighted by Crippen LogP contribution is -2.29. The van der Waals surface area contributed by atoms with Gasteiger partial charge >= 0.3 is 5.69 Å². The minimum Gasteiger partial charge on any atom is -0.394 e. The van der Waals surface area contributed by atoms with Crippen molar-refractivity contribution in [2.24, 2.45) is 0 Å². The van der Waals surface area contributed by atoms with Crippen molar-refractivity contribution in [3.8, 4) is 0 Å². The molecule has 0 aromatic carbocycles. The van der Waals surface area contributed by atoms with Crippen LogP contribution in [0, 0.1) is 0 Å². The van der Waals surface area contributed by atoms with Crippen LogP contribution in [0.4, 0.5) is 5.82 Å². The van der Waals surface area contributed by atoms with E-state index < -0.39 is 24.1 Å². The predicted molar refractivity (Wildman–Crippen MR) is 82.3 cm³/mol. The summed E-state index contributed by atoms with van der Waals surface area (Å²) in [6.07, 6.45) is 3.37. The molecule has 4 N–H and O–H groups in total. The lowest BCUT2D eigenvalue weighted by atomic mass is 10.1. The molecule has 1 fully saturated rings. The SMILES string of the molecule is CC/C=C(\C)Cc1cn([C@H]2C[C@H](O)[C@@H](CO)O2)c(=O)nc1N. The molecule has 0 unspecified atom stereocenters. The maximum Gasteiger partial charge on any atom is 0.351 e. The van der Waals surface area contributed by atoms with E-state index >= 15 is 0 Å².